The van der Waals surface area contributed by atoms with Crippen molar-refractivity contribution in [3.05, 3.63) is 0 Å². The summed E-state index contributed by atoms with van der Waals surface area (Å²) in [7, 11) is 0. The molecule has 0 aliphatic rings. The van der Waals surface area contributed by atoms with Gasteiger partial charge in [-0.25, -0.2) is 0 Å². The van der Waals surface area contributed by atoms with Crippen LogP contribution in [0.1, 0.15) is 27.7 Å². The van der Waals surface area contributed by atoms with Crippen LogP contribution in [-0.2, 0) is 41.6 Å². The fourth-order valence-corrected chi connectivity index (χ4v) is 0. The average Bonchev–Trinajstić information content (AvgIpc) is 2.13. The van der Waals surface area contributed by atoms with Gasteiger partial charge in [-0.15, -0.1) is 0 Å². The molecule has 0 rings (SSSR count). The SMILES string of the molecule is CC(=O)O.CC(=O)O.CC(=O)O.CC(=O)O.NCCN.[Ag]. The maximum atomic E-state index is 9.00. The van der Waals surface area contributed by atoms with Gasteiger partial charge in [0.2, 0.25) is 0 Å². The number of carboxylic acids is 4. The van der Waals surface area contributed by atoms with Crippen molar-refractivity contribution in [1.82, 2.24) is 0 Å². The first kappa shape index (κ1) is 36.6. The predicted octanol–water partition coefficient (Wildman–Crippen LogP) is -0.735. The van der Waals surface area contributed by atoms with E-state index in [9.17, 15) is 0 Å². The second-order valence-electron chi connectivity index (χ2n) is 2.65. The van der Waals surface area contributed by atoms with Crippen LogP contribution in [0, 0.1) is 0 Å². The molecule has 0 aliphatic carbocycles. The smallest absolute Gasteiger partial charge is 0.300 e. The Balaban J connectivity index is -0.0000000331. The Morgan fingerprint density at radius 1 is 0.619 bits per heavy atom. The molecule has 133 valence electrons. The molecular formula is C10H24AgN2O8. The maximum absolute atomic E-state index is 9.00. The predicted molar refractivity (Wildman–Crippen MR) is 71.3 cm³/mol. The summed E-state index contributed by atoms with van der Waals surface area (Å²) in [5.41, 5.74) is 9.81. The number of aliphatic carboxylic acids is 4. The molecule has 10 nitrogen and oxygen atoms in total. The zero-order valence-corrected chi connectivity index (χ0v) is 13.8. The van der Waals surface area contributed by atoms with Crippen LogP contribution >= 0.6 is 0 Å². The van der Waals surface area contributed by atoms with Gasteiger partial charge in [-0.2, -0.15) is 0 Å². The van der Waals surface area contributed by atoms with Crippen LogP contribution in [0.15, 0.2) is 0 Å². The Morgan fingerprint density at radius 3 is 0.667 bits per heavy atom. The molecule has 0 aromatic carbocycles. The number of hydrogen-bond donors (Lipinski definition) is 6. The van der Waals surface area contributed by atoms with Crippen molar-refractivity contribution in [3.8, 4) is 0 Å². The van der Waals surface area contributed by atoms with E-state index in [0.29, 0.717) is 13.1 Å². The van der Waals surface area contributed by atoms with Gasteiger partial charge in [0.05, 0.1) is 0 Å². The van der Waals surface area contributed by atoms with Gasteiger partial charge in [-0.05, 0) is 0 Å². The second kappa shape index (κ2) is 36.3. The first-order valence-electron chi connectivity index (χ1n) is 5.03. The zero-order valence-electron chi connectivity index (χ0n) is 12.3. The van der Waals surface area contributed by atoms with Gasteiger partial charge in [0.15, 0.2) is 0 Å². The fraction of sp³-hybridized carbons (Fsp3) is 0.600. The van der Waals surface area contributed by atoms with Crippen molar-refractivity contribution in [2.45, 2.75) is 27.7 Å². The van der Waals surface area contributed by atoms with E-state index < -0.39 is 23.9 Å². The molecule has 0 heterocycles. The number of nitrogens with two attached hydrogens (primary N) is 2. The third kappa shape index (κ3) is 24000. The van der Waals surface area contributed by atoms with Crippen molar-refractivity contribution in [1.29, 1.82) is 0 Å². The van der Waals surface area contributed by atoms with Crippen LogP contribution in [0.3, 0.4) is 0 Å². The van der Waals surface area contributed by atoms with E-state index in [4.69, 9.17) is 51.1 Å². The Hall–Kier alpha value is -1.46. The van der Waals surface area contributed by atoms with Gasteiger partial charge < -0.3 is 31.9 Å². The van der Waals surface area contributed by atoms with Crippen LogP contribution in [0.4, 0.5) is 0 Å². The largest absolute Gasteiger partial charge is 0.481 e. The fourth-order valence-electron chi connectivity index (χ4n) is 0. The van der Waals surface area contributed by atoms with Gasteiger partial charge in [0.25, 0.3) is 23.9 Å². The molecule has 0 saturated carbocycles. The van der Waals surface area contributed by atoms with E-state index in [-0.39, 0.29) is 22.4 Å². The standard InChI is InChI=1S/C2H8N2.4C2H4O2.Ag/c3-1-2-4;4*1-2(3)4;/h1-4H2;4*1H3,(H,3,4);. The molecule has 0 saturated heterocycles. The number of rotatable bonds is 1. The van der Waals surface area contributed by atoms with Crippen molar-refractivity contribution >= 4 is 23.9 Å². The van der Waals surface area contributed by atoms with Crippen LogP contribution in [0.5, 0.6) is 0 Å². The molecule has 0 atom stereocenters. The van der Waals surface area contributed by atoms with Gasteiger partial charge >= 0.3 is 0 Å². The summed E-state index contributed by atoms with van der Waals surface area (Å²) in [4.78, 5) is 36.0. The minimum atomic E-state index is -0.833. The summed E-state index contributed by atoms with van der Waals surface area (Å²) in [5, 5.41) is 29.7. The summed E-state index contributed by atoms with van der Waals surface area (Å²) in [6, 6.07) is 0. The number of hydrogen-bond acceptors (Lipinski definition) is 6. The minimum Gasteiger partial charge on any atom is -0.481 e. The molecule has 0 aromatic rings. The van der Waals surface area contributed by atoms with Crippen molar-refractivity contribution in [2.24, 2.45) is 11.5 Å². The van der Waals surface area contributed by atoms with Crippen LogP contribution in [0.2, 0.25) is 0 Å². The first-order valence-corrected chi connectivity index (χ1v) is 5.03. The molecule has 1 radical (unpaired) electrons. The normalized spacial score (nSPS) is 6.19. The molecule has 8 N–H and O–H groups in total. The summed E-state index contributed by atoms with van der Waals surface area (Å²) in [5.74, 6) is -3.33. The third-order valence-electron chi connectivity index (χ3n) is 0.167. The van der Waals surface area contributed by atoms with E-state index in [1.54, 1.807) is 0 Å². The maximum Gasteiger partial charge on any atom is 0.300 e. The van der Waals surface area contributed by atoms with E-state index in [1.807, 2.05) is 0 Å². The number of carbonyl (C=O) groups is 4. The van der Waals surface area contributed by atoms with E-state index in [1.165, 1.54) is 0 Å². The van der Waals surface area contributed by atoms with Gasteiger partial charge in [0, 0.05) is 63.2 Å². The van der Waals surface area contributed by atoms with E-state index in [2.05, 4.69) is 0 Å². The Bertz CT molecular complexity index is 195. The van der Waals surface area contributed by atoms with Crippen LogP contribution in [0.25, 0.3) is 0 Å². The van der Waals surface area contributed by atoms with Crippen molar-refractivity contribution in [3.63, 3.8) is 0 Å². The van der Waals surface area contributed by atoms with Crippen LogP contribution < -0.4 is 11.5 Å². The summed E-state index contributed by atoms with van der Waals surface area (Å²) < 4.78 is 0. The topological polar surface area (TPSA) is 201 Å². The molecule has 0 spiro atoms. The van der Waals surface area contributed by atoms with Crippen molar-refractivity contribution < 1.29 is 62.0 Å². The Morgan fingerprint density at radius 2 is 0.667 bits per heavy atom. The Kier molecular flexibility index (Phi) is 63.3. The molecule has 0 aromatic heterocycles. The summed E-state index contributed by atoms with van der Waals surface area (Å²) in [6.45, 7) is 5.53. The zero-order chi connectivity index (χ0) is 17.7. The average molecular weight is 408 g/mol. The molecule has 0 bridgehead atoms. The third-order valence-corrected chi connectivity index (χ3v) is 0.167. The quantitative estimate of drug-likeness (QED) is 0.300. The van der Waals surface area contributed by atoms with Gasteiger partial charge in [-0.3, -0.25) is 19.2 Å². The summed E-state index contributed by atoms with van der Waals surface area (Å²) in [6.07, 6.45) is 0. The van der Waals surface area contributed by atoms with E-state index >= 15 is 0 Å². The summed E-state index contributed by atoms with van der Waals surface area (Å²) >= 11 is 0. The van der Waals surface area contributed by atoms with E-state index in [0.717, 1.165) is 27.7 Å². The monoisotopic (exact) mass is 407 g/mol. The second-order valence-corrected chi connectivity index (χ2v) is 2.65. The molecule has 21 heavy (non-hydrogen) atoms. The molecule has 0 aliphatic heterocycles. The molecule has 0 fully saturated rings. The van der Waals surface area contributed by atoms with Gasteiger partial charge in [-0.1, -0.05) is 0 Å². The van der Waals surface area contributed by atoms with Crippen LogP contribution in [-0.4, -0.2) is 57.4 Å². The molecule has 11 heteroatoms. The number of carboxylic acid groups (broad SMARTS) is 4. The minimum absolute atomic E-state index is 0. The Labute approximate surface area is 138 Å². The molecule has 0 unspecified atom stereocenters. The first-order chi connectivity index (χ1) is 8.84. The van der Waals surface area contributed by atoms with Crippen molar-refractivity contribution in [2.75, 3.05) is 13.1 Å². The molecule has 0 amide bonds. The van der Waals surface area contributed by atoms with Gasteiger partial charge in [0.1, 0.15) is 0 Å². The molecular weight excluding hydrogens is 384 g/mol.